The predicted molar refractivity (Wildman–Crippen MR) is 109 cm³/mol. The summed E-state index contributed by atoms with van der Waals surface area (Å²) < 4.78 is 40.2. The van der Waals surface area contributed by atoms with Crippen LogP contribution in [0.4, 0.5) is 10.1 Å². The molecule has 2 aromatic rings. The maximum absolute atomic E-state index is 13.0. The number of hydrogen-bond acceptors (Lipinski definition) is 3. The molecule has 1 heterocycles. The van der Waals surface area contributed by atoms with Crippen molar-refractivity contribution in [3.63, 3.8) is 0 Å². The SMILES string of the molecule is Cc1ccc(S(=O)(=O)N2CCN(C(=S)Nc3ccc(F)cc3)CC2)cc1C. The molecule has 1 N–H and O–H groups in total. The van der Waals surface area contributed by atoms with Gasteiger partial charge in [0.1, 0.15) is 5.82 Å². The van der Waals surface area contributed by atoms with Gasteiger partial charge in [-0.25, -0.2) is 12.8 Å². The van der Waals surface area contributed by atoms with Gasteiger partial charge < -0.3 is 10.2 Å². The summed E-state index contributed by atoms with van der Waals surface area (Å²) in [6.07, 6.45) is 0. The number of benzene rings is 2. The molecule has 5 nitrogen and oxygen atoms in total. The Morgan fingerprint density at radius 1 is 1.00 bits per heavy atom. The molecule has 0 unspecified atom stereocenters. The van der Waals surface area contributed by atoms with Gasteiger partial charge in [-0.2, -0.15) is 4.31 Å². The Morgan fingerprint density at radius 2 is 1.63 bits per heavy atom. The summed E-state index contributed by atoms with van der Waals surface area (Å²) in [6, 6.07) is 11.2. The van der Waals surface area contributed by atoms with E-state index in [0.717, 1.165) is 11.1 Å². The van der Waals surface area contributed by atoms with Crippen LogP contribution in [0.3, 0.4) is 0 Å². The smallest absolute Gasteiger partial charge is 0.243 e. The highest BCUT2D eigenvalue weighted by atomic mass is 32.2. The predicted octanol–water partition coefficient (Wildman–Crippen LogP) is 3.15. The molecule has 2 aromatic carbocycles. The van der Waals surface area contributed by atoms with Crippen LogP contribution in [0.5, 0.6) is 0 Å². The maximum atomic E-state index is 13.0. The Morgan fingerprint density at radius 3 is 2.22 bits per heavy atom. The minimum atomic E-state index is -3.51. The highest BCUT2D eigenvalue weighted by molar-refractivity contribution is 7.89. The van der Waals surface area contributed by atoms with Gasteiger partial charge in [-0.3, -0.25) is 0 Å². The Hall–Kier alpha value is -2.03. The van der Waals surface area contributed by atoms with Crippen LogP contribution in [0, 0.1) is 19.7 Å². The molecule has 27 heavy (non-hydrogen) atoms. The number of nitrogens with zero attached hydrogens (tertiary/aromatic N) is 2. The topological polar surface area (TPSA) is 52.7 Å². The molecular formula is C19H22FN3O2S2. The molecule has 144 valence electrons. The molecule has 0 aromatic heterocycles. The first-order valence-corrected chi connectivity index (χ1v) is 10.5. The maximum Gasteiger partial charge on any atom is 0.243 e. The zero-order valence-electron chi connectivity index (χ0n) is 15.3. The fraction of sp³-hybridized carbons (Fsp3) is 0.316. The minimum absolute atomic E-state index is 0.309. The number of aryl methyl sites for hydroxylation is 2. The number of nitrogens with one attached hydrogen (secondary N) is 1. The van der Waals surface area contributed by atoms with Crippen LogP contribution in [0.25, 0.3) is 0 Å². The molecule has 1 fully saturated rings. The van der Waals surface area contributed by atoms with E-state index in [2.05, 4.69) is 5.32 Å². The second kappa shape index (κ2) is 7.92. The van der Waals surface area contributed by atoms with Crippen LogP contribution < -0.4 is 5.32 Å². The Labute approximate surface area is 164 Å². The molecule has 0 amide bonds. The second-order valence-electron chi connectivity index (χ2n) is 6.57. The van der Waals surface area contributed by atoms with Crippen LogP contribution >= 0.6 is 12.2 Å². The molecule has 3 rings (SSSR count). The summed E-state index contributed by atoms with van der Waals surface area (Å²) in [5, 5.41) is 3.57. The van der Waals surface area contributed by atoms with Crippen LogP contribution in [-0.4, -0.2) is 48.9 Å². The molecule has 1 saturated heterocycles. The van der Waals surface area contributed by atoms with E-state index in [1.54, 1.807) is 24.3 Å². The first-order valence-electron chi connectivity index (χ1n) is 8.66. The highest BCUT2D eigenvalue weighted by Gasteiger charge is 2.29. The van der Waals surface area contributed by atoms with Crippen molar-refractivity contribution in [2.24, 2.45) is 0 Å². The zero-order chi connectivity index (χ0) is 19.6. The van der Waals surface area contributed by atoms with E-state index in [-0.39, 0.29) is 5.82 Å². The van der Waals surface area contributed by atoms with Crippen molar-refractivity contribution in [2.75, 3.05) is 31.5 Å². The monoisotopic (exact) mass is 407 g/mol. The fourth-order valence-corrected chi connectivity index (χ4v) is 4.70. The number of sulfonamides is 1. The van der Waals surface area contributed by atoms with E-state index in [9.17, 15) is 12.8 Å². The number of anilines is 1. The molecule has 1 aliphatic heterocycles. The van der Waals surface area contributed by atoms with Crippen molar-refractivity contribution in [3.8, 4) is 0 Å². The standard InChI is InChI=1S/C19H22FN3O2S2/c1-14-3-8-18(13-15(14)2)27(24,25)23-11-9-22(10-12-23)19(26)21-17-6-4-16(20)5-7-17/h3-8,13H,9-12H2,1-2H3,(H,21,26). The van der Waals surface area contributed by atoms with E-state index in [1.165, 1.54) is 16.4 Å². The molecule has 1 aliphatic rings. The molecule has 8 heteroatoms. The van der Waals surface area contributed by atoms with Crippen molar-refractivity contribution in [1.82, 2.24) is 9.21 Å². The lowest BCUT2D eigenvalue weighted by molar-refractivity contribution is 0.268. The summed E-state index contributed by atoms with van der Waals surface area (Å²) >= 11 is 5.40. The van der Waals surface area contributed by atoms with Crippen molar-refractivity contribution < 1.29 is 12.8 Å². The summed E-state index contributed by atoms with van der Waals surface area (Å²) in [5.74, 6) is -0.309. The van der Waals surface area contributed by atoms with E-state index < -0.39 is 10.0 Å². The summed E-state index contributed by atoms with van der Waals surface area (Å²) in [5.41, 5.74) is 2.72. The van der Waals surface area contributed by atoms with Gasteiger partial charge in [-0.1, -0.05) is 6.07 Å². The van der Waals surface area contributed by atoms with Gasteiger partial charge in [0.15, 0.2) is 5.11 Å². The van der Waals surface area contributed by atoms with E-state index in [0.29, 0.717) is 41.9 Å². The Balaban J connectivity index is 1.63. The van der Waals surface area contributed by atoms with Crippen LogP contribution in [-0.2, 0) is 10.0 Å². The average molecular weight is 408 g/mol. The lowest BCUT2D eigenvalue weighted by Crippen LogP contribution is -2.51. The first-order chi connectivity index (χ1) is 12.8. The van der Waals surface area contributed by atoms with Gasteiger partial charge in [0.2, 0.25) is 10.0 Å². The molecule has 0 spiro atoms. The van der Waals surface area contributed by atoms with Crippen LogP contribution in [0.15, 0.2) is 47.4 Å². The fourth-order valence-electron chi connectivity index (χ4n) is 2.89. The Bertz CT molecular complexity index is 938. The minimum Gasteiger partial charge on any atom is -0.346 e. The van der Waals surface area contributed by atoms with Crippen molar-refractivity contribution >= 4 is 33.0 Å². The number of rotatable bonds is 3. The van der Waals surface area contributed by atoms with Gasteiger partial charge in [0, 0.05) is 31.9 Å². The molecule has 0 atom stereocenters. The van der Waals surface area contributed by atoms with E-state index >= 15 is 0 Å². The number of piperazine rings is 1. The summed E-state index contributed by atoms with van der Waals surface area (Å²) in [4.78, 5) is 2.25. The summed E-state index contributed by atoms with van der Waals surface area (Å²) in [6.45, 7) is 5.58. The van der Waals surface area contributed by atoms with Gasteiger partial charge in [-0.15, -0.1) is 0 Å². The average Bonchev–Trinajstić information content (AvgIpc) is 2.66. The normalized spacial score (nSPS) is 15.6. The molecule has 0 bridgehead atoms. The van der Waals surface area contributed by atoms with Gasteiger partial charge in [0.05, 0.1) is 4.90 Å². The molecule has 0 aliphatic carbocycles. The third-order valence-corrected chi connectivity index (χ3v) is 6.99. The van der Waals surface area contributed by atoms with Gasteiger partial charge >= 0.3 is 0 Å². The first kappa shape index (κ1) is 19.7. The van der Waals surface area contributed by atoms with E-state index in [1.807, 2.05) is 24.8 Å². The lowest BCUT2D eigenvalue weighted by atomic mass is 10.1. The highest BCUT2D eigenvalue weighted by Crippen LogP contribution is 2.21. The number of hydrogen-bond donors (Lipinski definition) is 1. The van der Waals surface area contributed by atoms with Crippen molar-refractivity contribution in [1.29, 1.82) is 0 Å². The molecule has 0 saturated carbocycles. The number of halogens is 1. The Kier molecular flexibility index (Phi) is 5.78. The van der Waals surface area contributed by atoms with Crippen LogP contribution in [0.1, 0.15) is 11.1 Å². The lowest BCUT2D eigenvalue weighted by Gasteiger charge is -2.35. The van der Waals surface area contributed by atoms with Crippen molar-refractivity contribution in [3.05, 3.63) is 59.4 Å². The number of thiocarbonyl (C=S) groups is 1. The van der Waals surface area contributed by atoms with Gasteiger partial charge in [0.25, 0.3) is 0 Å². The van der Waals surface area contributed by atoms with E-state index in [4.69, 9.17) is 12.2 Å². The zero-order valence-corrected chi connectivity index (χ0v) is 16.9. The molecule has 0 radical (unpaired) electrons. The quantitative estimate of drug-likeness (QED) is 0.793. The second-order valence-corrected chi connectivity index (χ2v) is 8.90. The third-order valence-electron chi connectivity index (χ3n) is 4.74. The van der Waals surface area contributed by atoms with Crippen molar-refractivity contribution in [2.45, 2.75) is 18.7 Å². The molecular weight excluding hydrogens is 385 g/mol. The summed E-state index contributed by atoms with van der Waals surface area (Å²) in [7, 11) is -3.51. The largest absolute Gasteiger partial charge is 0.346 e. The third kappa shape index (κ3) is 4.45. The van der Waals surface area contributed by atoms with Gasteiger partial charge in [-0.05, 0) is 73.6 Å². The van der Waals surface area contributed by atoms with Crippen LogP contribution in [0.2, 0.25) is 0 Å².